The fourth-order valence-corrected chi connectivity index (χ4v) is 2.04. The SMILES string of the molecule is C=C(C)C(=O)OCCNCCCC.C=CC(=O)NCCCCCCCC.C=CC(=O)OC. The van der Waals surface area contributed by atoms with E-state index in [1.165, 1.54) is 51.7 Å². The van der Waals surface area contributed by atoms with Crippen molar-refractivity contribution in [3.05, 3.63) is 37.5 Å². The van der Waals surface area contributed by atoms with Crippen molar-refractivity contribution in [1.29, 1.82) is 0 Å². The molecule has 32 heavy (non-hydrogen) atoms. The number of hydrogen-bond acceptors (Lipinski definition) is 6. The van der Waals surface area contributed by atoms with E-state index in [1.54, 1.807) is 6.92 Å². The van der Waals surface area contributed by atoms with E-state index < -0.39 is 5.97 Å². The molecule has 0 unspecified atom stereocenters. The molecule has 0 aliphatic rings. The van der Waals surface area contributed by atoms with Crippen LogP contribution in [0.2, 0.25) is 0 Å². The Kier molecular flexibility index (Phi) is 30.6. The molecule has 7 nitrogen and oxygen atoms in total. The van der Waals surface area contributed by atoms with Gasteiger partial charge >= 0.3 is 11.9 Å². The molecule has 0 radical (unpaired) electrons. The van der Waals surface area contributed by atoms with Crippen molar-refractivity contribution in [3.63, 3.8) is 0 Å². The van der Waals surface area contributed by atoms with Crippen molar-refractivity contribution in [2.45, 2.75) is 72.1 Å². The van der Waals surface area contributed by atoms with Gasteiger partial charge in [-0.05, 0) is 32.4 Å². The second-order valence-electron chi connectivity index (χ2n) is 7.01. The van der Waals surface area contributed by atoms with E-state index in [0.29, 0.717) is 12.2 Å². The van der Waals surface area contributed by atoms with Crippen molar-refractivity contribution in [2.24, 2.45) is 0 Å². The molecular formula is C25H46N2O5. The van der Waals surface area contributed by atoms with Gasteiger partial charge in [-0.3, -0.25) is 4.79 Å². The number of carbonyl (C=O) groups excluding carboxylic acids is 3. The maximum atomic E-state index is 10.9. The first kappa shape index (κ1) is 34.2. The Morgan fingerprint density at radius 2 is 1.44 bits per heavy atom. The zero-order valence-electron chi connectivity index (χ0n) is 20.8. The number of amides is 1. The minimum absolute atomic E-state index is 0.0615. The smallest absolute Gasteiger partial charge is 0.333 e. The topological polar surface area (TPSA) is 93.7 Å². The van der Waals surface area contributed by atoms with Gasteiger partial charge in [-0.15, -0.1) is 0 Å². The van der Waals surface area contributed by atoms with Gasteiger partial charge in [0.05, 0.1) is 7.11 Å². The third-order valence-corrected chi connectivity index (χ3v) is 3.95. The summed E-state index contributed by atoms with van der Waals surface area (Å²) in [5.41, 5.74) is 0.452. The summed E-state index contributed by atoms with van der Waals surface area (Å²) in [6.45, 7) is 19.0. The Balaban J connectivity index is -0.000000422. The summed E-state index contributed by atoms with van der Waals surface area (Å²) in [6.07, 6.45) is 12.3. The summed E-state index contributed by atoms with van der Waals surface area (Å²) in [7, 11) is 1.31. The largest absolute Gasteiger partial charge is 0.466 e. The molecule has 0 aliphatic heterocycles. The molecule has 1 amide bonds. The van der Waals surface area contributed by atoms with Crippen LogP contribution in [0.1, 0.15) is 72.1 Å². The first-order valence-electron chi connectivity index (χ1n) is 11.4. The van der Waals surface area contributed by atoms with Gasteiger partial charge in [0.2, 0.25) is 5.91 Å². The highest BCUT2D eigenvalue weighted by atomic mass is 16.5. The highest BCUT2D eigenvalue weighted by Gasteiger charge is 2.00. The van der Waals surface area contributed by atoms with Crippen LogP contribution in [0.5, 0.6) is 0 Å². The number of methoxy groups -OCH3 is 1. The lowest BCUT2D eigenvalue weighted by Gasteiger charge is -2.05. The van der Waals surface area contributed by atoms with Gasteiger partial charge in [0, 0.05) is 24.7 Å². The summed E-state index contributed by atoms with van der Waals surface area (Å²) in [5.74, 6) is -0.763. The van der Waals surface area contributed by atoms with E-state index in [2.05, 4.69) is 49.0 Å². The maximum absolute atomic E-state index is 10.9. The van der Waals surface area contributed by atoms with Crippen molar-refractivity contribution < 1.29 is 23.9 Å². The van der Waals surface area contributed by atoms with Crippen molar-refractivity contribution in [1.82, 2.24) is 10.6 Å². The maximum Gasteiger partial charge on any atom is 0.333 e. The molecule has 2 N–H and O–H groups in total. The average molecular weight is 455 g/mol. The Bertz CT molecular complexity index is 516. The summed E-state index contributed by atoms with van der Waals surface area (Å²) in [5, 5.41) is 5.94. The zero-order chi connectivity index (χ0) is 25.0. The van der Waals surface area contributed by atoms with Crippen molar-refractivity contribution in [3.8, 4) is 0 Å². The number of hydrogen-bond donors (Lipinski definition) is 2. The predicted molar refractivity (Wildman–Crippen MR) is 132 cm³/mol. The minimum atomic E-state index is -0.394. The van der Waals surface area contributed by atoms with E-state index in [0.717, 1.165) is 38.6 Å². The fourth-order valence-electron chi connectivity index (χ4n) is 2.04. The molecular weight excluding hydrogens is 408 g/mol. The number of esters is 2. The van der Waals surface area contributed by atoms with E-state index >= 15 is 0 Å². The quantitative estimate of drug-likeness (QED) is 0.203. The molecule has 0 aromatic heterocycles. The molecule has 0 aromatic carbocycles. The van der Waals surface area contributed by atoms with Gasteiger partial charge in [0.1, 0.15) is 6.61 Å². The number of ether oxygens (including phenoxy) is 2. The van der Waals surface area contributed by atoms with Crippen molar-refractivity contribution >= 4 is 17.8 Å². The molecule has 0 saturated heterocycles. The summed E-state index contributed by atoms with van der Waals surface area (Å²) in [6, 6.07) is 0. The molecule has 0 spiro atoms. The van der Waals surface area contributed by atoms with Crippen LogP contribution in [-0.2, 0) is 23.9 Å². The third kappa shape index (κ3) is 32.3. The van der Waals surface area contributed by atoms with Crippen LogP contribution >= 0.6 is 0 Å². The highest BCUT2D eigenvalue weighted by molar-refractivity contribution is 5.87. The molecule has 186 valence electrons. The Morgan fingerprint density at radius 1 is 0.844 bits per heavy atom. The first-order valence-corrected chi connectivity index (χ1v) is 11.4. The molecule has 0 aromatic rings. The van der Waals surface area contributed by atoms with Crippen LogP contribution in [0, 0.1) is 0 Å². The standard InChI is InChI=1S/C11H21NO.C10H19NO2.C4H6O2/c1-3-5-6-7-8-9-10-12-11(13)4-2;1-4-5-6-11-7-8-13-10(12)9(2)3;1-3-4(5)6-2/h4H,2-3,5-10H2,1H3,(H,12,13);11H,2,4-8H2,1,3H3;3H,1H2,2H3. The third-order valence-electron chi connectivity index (χ3n) is 3.95. The van der Waals surface area contributed by atoms with Crippen LogP contribution in [0.4, 0.5) is 0 Å². The van der Waals surface area contributed by atoms with Crippen molar-refractivity contribution in [2.75, 3.05) is 33.4 Å². The highest BCUT2D eigenvalue weighted by Crippen LogP contribution is 2.03. The van der Waals surface area contributed by atoms with E-state index in [9.17, 15) is 14.4 Å². The Labute approximate surface area is 195 Å². The molecule has 0 fully saturated rings. The average Bonchev–Trinajstić information content (AvgIpc) is 2.80. The monoisotopic (exact) mass is 454 g/mol. The normalized spacial score (nSPS) is 9.12. The Morgan fingerprint density at radius 3 is 1.91 bits per heavy atom. The van der Waals surface area contributed by atoms with Crippen LogP contribution < -0.4 is 10.6 Å². The zero-order valence-corrected chi connectivity index (χ0v) is 20.8. The summed E-state index contributed by atoms with van der Waals surface area (Å²) >= 11 is 0. The summed E-state index contributed by atoms with van der Waals surface area (Å²) < 4.78 is 9.03. The molecule has 0 heterocycles. The molecule has 0 saturated carbocycles. The minimum Gasteiger partial charge on any atom is -0.466 e. The lowest BCUT2D eigenvalue weighted by atomic mass is 10.1. The van der Waals surface area contributed by atoms with Gasteiger partial charge in [-0.25, -0.2) is 9.59 Å². The lowest BCUT2D eigenvalue weighted by molar-refractivity contribution is -0.138. The molecule has 0 bridgehead atoms. The second-order valence-corrected chi connectivity index (χ2v) is 7.01. The van der Waals surface area contributed by atoms with Gasteiger partial charge in [0.15, 0.2) is 0 Å². The second kappa shape index (κ2) is 28.6. The number of carbonyl (C=O) groups is 3. The molecule has 0 atom stereocenters. The van der Waals surface area contributed by atoms with Crippen LogP contribution in [0.15, 0.2) is 37.5 Å². The van der Waals surface area contributed by atoms with Crippen LogP contribution in [-0.4, -0.2) is 51.2 Å². The number of nitrogens with one attached hydrogen (secondary N) is 2. The molecule has 0 rings (SSSR count). The van der Waals surface area contributed by atoms with Gasteiger partial charge in [0.25, 0.3) is 0 Å². The fraction of sp³-hybridized carbons (Fsp3) is 0.640. The van der Waals surface area contributed by atoms with Gasteiger partial charge in [-0.1, -0.05) is 72.1 Å². The lowest BCUT2D eigenvalue weighted by Crippen LogP contribution is -2.22. The number of unbranched alkanes of at least 4 members (excludes halogenated alkanes) is 6. The van der Waals surface area contributed by atoms with Crippen LogP contribution in [0.3, 0.4) is 0 Å². The van der Waals surface area contributed by atoms with Gasteiger partial charge in [-0.2, -0.15) is 0 Å². The Hall–Kier alpha value is -2.41. The summed E-state index contributed by atoms with van der Waals surface area (Å²) in [4.78, 5) is 31.4. The molecule has 7 heteroatoms. The number of rotatable bonds is 16. The van der Waals surface area contributed by atoms with E-state index in [-0.39, 0.29) is 11.9 Å². The van der Waals surface area contributed by atoms with E-state index in [1.807, 2.05) is 0 Å². The van der Waals surface area contributed by atoms with Crippen LogP contribution in [0.25, 0.3) is 0 Å². The predicted octanol–water partition coefficient (Wildman–Crippen LogP) is 4.49. The van der Waals surface area contributed by atoms with Gasteiger partial charge < -0.3 is 20.1 Å². The van der Waals surface area contributed by atoms with E-state index in [4.69, 9.17) is 4.74 Å². The first-order chi connectivity index (χ1) is 15.3. The molecule has 0 aliphatic carbocycles.